The number of fused-ring (bicyclic) bond motifs is 1. The van der Waals surface area contributed by atoms with E-state index in [-0.39, 0.29) is 5.91 Å². The van der Waals surface area contributed by atoms with E-state index in [4.69, 9.17) is 0 Å². The second-order valence-electron chi connectivity index (χ2n) is 6.53. The SMILES string of the molecule is O=C1c2ccccc2C(c2ccc(C(F)(F)F)cc2)N1Cc1ccccc1. The minimum absolute atomic E-state index is 0.112. The zero-order chi connectivity index (χ0) is 19.0. The first-order valence-corrected chi connectivity index (χ1v) is 8.56. The van der Waals surface area contributed by atoms with Gasteiger partial charge in [-0.2, -0.15) is 13.2 Å². The fourth-order valence-corrected chi connectivity index (χ4v) is 3.53. The summed E-state index contributed by atoms with van der Waals surface area (Å²) < 4.78 is 38.7. The number of amides is 1. The van der Waals surface area contributed by atoms with Crippen molar-refractivity contribution < 1.29 is 18.0 Å². The quantitative estimate of drug-likeness (QED) is 0.603. The lowest BCUT2D eigenvalue weighted by atomic mass is 9.97. The van der Waals surface area contributed by atoms with Gasteiger partial charge in [-0.1, -0.05) is 60.7 Å². The van der Waals surface area contributed by atoms with Crippen molar-refractivity contribution in [2.75, 3.05) is 0 Å². The van der Waals surface area contributed by atoms with Gasteiger partial charge in [-0.05, 0) is 34.9 Å². The third-order valence-electron chi connectivity index (χ3n) is 4.81. The molecule has 1 aliphatic heterocycles. The Bertz CT molecular complexity index is 965. The van der Waals surface area contributed by atoms with Gasteiger partial charge in [-0.25, -0.2) is 0 Å². The van der Waals surface area contributed by atoms with Gasteiger partial charge in [0, 0.05) is 12.1 Å². The molecule has 3 aromatic rings. The molecule has 1 heterocycles. The van der Waals surface area contributed by atoms with Gasteiger partial charge in [-0.3, -0.25) is 4.79 Å². The molecule has 0 saturated carbocycles. The topological polar surface area (TPSA) is 20.3 Å². The summed E-state index contributed by atoms with van der Waals surface area (Å²) in [5.74, 6) is -0.112. The van der Waals surface area contributed by atoms with Crippen LogP contribution in [0.4, 0.5) is 13.2 Å². The summed E-state index contributed by atoms with van der Waals surface area (Å²) in [7, 11) is 0. The van der Waals surface area contributed by atoms with E-state index in [1.807, 2.05) is 42.5 Å². The number of carbonyl (C=O) groups is 1. The van der Waals surface area contributed by atoms with Crippen molar-refractivity contribution in [1.82, 2.24) is 4.90 Å². The second-order valence-corrected chi connectivity index (χ2v) is 6.53. The van der Waals surface area contributed by atoms with E-state index < -0.39 is 17.8 Å². The summed E-state index contributed by atoms with van der Waals surface area (Å²) in [6, 6.07) is 21.5. The van der Waals surface area contributed by atoms with Gasteiger partial charge >= 0.3 is 6.18 Å². The number of benzene rings is 3. The molecular weight excluding hydrogens is 351 g/mol. The van der Waals surface area contributed by atoms with Crippen molar-refractivity contribution in [3.8, 4) is 0 Å². The lowest BCUT2D eigenvalue weighted by Gasteiger charge is -2.26. The zero-order valence-electron chi connectivity index (χ0n) is 14.3. The summed E-state index contributed by atoms with van der Waals surface area (Å²) in [5, 5.41) is 0. The molecule has 0 fully saturated rings. The highest BCUT2D eigenvalue weighted by atomic mass is 19.4. The molecule has 3 aromatic carbocycles. The van der Waals surface area contributed by atoms with Gasteiger partial charge < -0.3 is 4.90 Å². The summed E-state index contributed by atoms with van der Waals surface area (Å²) in [5.41, 5.74) is 2.35. The molecule has 5 heteroatoms. The monoisotopic (exact) mass is 367 g/mol. The molecule has 1 aliphatic rings. The third-order valence-corrected chi connectivity index (χ3v) is 4.81. The van der Waals surface area contributed by atoms with Crippen LogP contribution in [0.2, 0.25) is 0 Å². The van der Waals surface area contributed by atoms with Crippen LogP contribution in [0.1, 0.15) is 38.7 Å². The summed E-state index contributed by atoms with van der Waals surface area (Å²) in [4.78, 5) is 14.7. The van der Waals surface area contributed by atoms with Crippen LogP contribution in [-0.2, 0) is 12.7 Å². The van der Waals surface area contributed by atoms with Crippen LogP contribution in [-0.4, -0.2) is 10.8 Å². The van der Waals surface area contributed by atoms with E-state index in [2.05, 4.69) is 0 Å². The van der Waals surface area contributed by atoms with E-state index in [9.17, 15) is 18.0 Å². The van der Waals surface area contributed by atoms with Crippen LogP contribution in [0, 0.1) is 0 Å². The predicted octanol–water partition coefficient (Wildman–Crippen LogP) is 5.45. The number of alkyl halides is 3. The van der Waals surface area contributed by atoms with Crippen LogP contribution in [0.15, 0.2) is 78.9 Å². The molecule has 1 unspecified atom stereocenters. The van der Waals surface area contributed by atoms with Gasteiger partial charge in [0.2, 0.25) is 0 Å². The first kappa shape index (κ1) is 17.3. The number of rotatable bonds is 3. The van der Waals surface area contributed by atoms with E-state index in [1.165, 1.54) is 12.1 Å². The second kappa shape index (κ2) is 6.58. The Hall–Kier alpha value is -3.08. The zero-order valence-corrected chi connectivity index (χ0v) is 14.3. The summed E-state index contributed by atoms with van der Waals surface area (Å²) >= 11 is 0. The smallest absolute Gasteiger partial charge is 0.323 e. The van der Waals surface area contributed by atoms with Gasteiger partial charge in [0.1, 0.15) is 0 Å². The predicted molar refractivity (Wildman–Crippen MR) is 96.0 cm³/mol. The Kier molecular flexibility index (Phi) is 4.22. The normalized spacial score (nSPS) is 16.5. The standard InChI is InChI=1S/C22H16F3NO/c23-22(24,25)17-12-10-16(11-13-17)20-18-8-4-5-9-19(18)21(27)26(20)14-15-6-2-1-3-7-15/h1-13,20H,14H2. The van der Waals surface area contributed by atoms with Crippen molar-refractivity contribution in [1.29, 1.82) is 0 Å². The van der Waals surface area contributed by atoms with Gasteiger partial charge in [0.15, 0.2) is 0 Å². The highest BCUT2D eigenvalue weighted by Crippen LogP contribution is 2.40. The molecule has 0 radical (unpaired) electrons. The van der Waals surface area contributed by atoms with Gasteiger partial charge in [0.25, 0.3) is 5.91 Å². The van der Waals surface area contributed by atoms with Gasteiger partial charge in [0.05, 0.1) is 11.6 Å². The maximum absolute atomic E-state index is 13.0. The minimum atomic E-state index is -4.38. The van der Waals surface area contributed by atoms with Crippen LogP contribution < -0.4 is 0 Å². The van der Waals surface area contributed by atoms with E-state index in [0.29, 0.717) is 17.7 Å². The molecule has 0 aliphatic carbocycles. The number of nitrogens with zero attached hydrogens (tertiary/aromatic N) is 1. The number of halogens is 3. The number of hydrogen-bond donors (Lipinski definition) is 0. The average molecular weight is 367 g/mol. The Morgan fingerprint density at radius 1 is 0.815 bits per heavy atom. The third kappa shape index (κ3) is 3.21. The van der Waals surface area contributed by atoms with Crippen molar-refractivity contribution in [2.24, 2.45) is 0 Å². The number of hydrogen-bond acceptors (Lipinski definition) is 1. The molecule has 27 heavy (non-hydrogen) atoms. The Balaban J connectivity index is 1.75. The summed E-state index contributed by atoms with van der Waals surface area (Å²) in [6.07, 6.45) is -4.38. The molecule has 2 nitrogen and oxygen atoms in total. The molecule has 0 aromatic heterocycles. The van der Waals surface area contributed by atoms with E-state index >= 15 is 0 Å². The van der Waals surface area contributed by atoms with Gasteiger partial charge in [-0.15, -0.1) is 0 Å². The van der Waals surface area contributed by atoms with Crippen molar-refractivity contribution >= 4 is 5.91 Å². The van der Waals surface area contributed by atoms with E-state index in [1.54, 1.807) is 17.0 Å². The first-order valence-electron chi connectivity index (χ1n) is 8.56. The maximum atomic E-state index is 13.0. The van der Waals surface area contributed by atoms with Crippen molar-refractivity contribution in [3.63, 3.8) is 0 Å². The van der Waals surface area contributed by atoms with Crippen LogP contribution >= 0.6 is 0 Å². The molecule has 0 spiro atoms. The minimum Gasteiger partial charge on any atom is -0.323 e. The highest BCUT2D eigenvalue weighted by molar-refractivity contribution is 5.99. The Morgan fingerprint density at radius 3 is 2.11 bits per heavy atom. The largest absolute Gasteiger partial charge is 0.416 e. The maximum Gasteiger partial charge on any atom is 0.416 e. The molecule has 0 N–H and O–H groups in total. The molecule has 0 bridgehead atoms. The van der Waals surface area contributed by atoms with E-state index in [0.717, 1.165) is 23.3 Å². The van der Waals surface area contributed by atoms with Crippen LogP contribution in [0.25, 0.3) is 0 Å². The molecular formula is C22H16F3NO. The van der Waals surface area contributed by atoms with Crippen molar-refractivity contribution in [3.05, 3.63) is 107 Å². The molecule has 4 rings (SSSR count). The van der Waals surface area contributed by atoms with Crippen LogP contribution in [0.3, 0.4) is 0 Å². The van der Waals surface area contributed by atoms with Crippen LogP contribution in [0.5, 0.6) is 0 Å². The molecule has 1 amide bonds. The summed E-state index contributed by atoms with van der Waals surface area (Å²) in [6.45, 7) is 0.389. The Morgan fingerprint density at radius 2 is 1.44 bits per heavy atom. The average Bonchev–Trinajstić information content (AvgIpc) is 2.94. The lowest BCUT2D eigenvalue weighted by Crippen LogP contribution is -2.28. The number of carbonyl (C=O) groups excluding carboxylic acids is 1. The Labute approximate surface area is 154 Å². The molecule has 1 atom stereocenters. The molecule has 0 saturated heterocycles. The first-order chi connectivity index (χ1) is 12.9. The fraction of sp³-hybridized carbons (Fsp3) is 0.136. The van der Waals surface area contributed by atoms with Crippen molar-refractivity contribution in [2.45, 2.75) is 18.8 Å². The lowest BCUT2D eigenvalue weighted by molar-refractivity contribution is -0.137. The molecule has 136 valence electrons. The highest BCUT2D eigenvalue weighted by Gasteiger charge is 2.38. The fourth-order valence-electron chi connectivity index (χ4n) is 3.53.